The lowest BCUT2D eigenvalue weighted by Gasteiger charge is -2.37. The van der Waals surface area contributed by atoms with Crippen molar-refractivity contribution in [2.45, 2.75) is 36.9 Å². The maximum atomic E-state index is 12.6. The number of rotatable bonds is 3. The Morgan fingerprint density at radius 2 is 2.09 bits per heavy atom. The van der Waals surface area contributed by atoms with Crippen LogP contribution in [0.25, 0.3) is 0 Å². The number of sulfonamides is 1. The third kappa shape index (κ3) is 3.26. The molecule has 0 amide bonds. The van der Waals surface area contributed by atoms with Crippen molar-refractivity contribution >= 4 is 10.0 Å². The van der Waals surface area contributed by atoms with E-state index in [1.54, 1.807) is 0 Å². The highest BCUT2D eigenvalue weighted by molar-refractivity contribution is 7.89. The number of hydrogen-bond donors (Lipinski definition) is 1. The quantitative estimate of drug-likeness (QED) is 0.914. The van der Waals surface area contributed by atoms with E-state index in [0.717, 1.165) is 16.8 Å². The summed E-state index contributed by atoms with van der Waals surface area (Å²) < 4.78 is 63.7. The van der Waals surface area contributed by atoms with E-state index in [1.165, 1.54) is 0 Å². The van der Waals surface area contributed by atoms with E-state index in [-0.39, 0.29) is 24.0 Å². The Labute approximate surface area is 126 Å². The lowest BCUT2D eigenvalue weighted by molar-refractivity contribution is -0.141. The Morgan fingerprint density at radius 1 is 1.41 bits per heavy atom. The predicted octanol–water partition coefficient (Wildman–Crippen LogP) is 1.88. The first-order valence-corrected chi connectivity index (χ1v) is 8.28. The number of aromatic nitrogens is 1. The zero-order chi connectivity index (χ0) is 16.5. The van der Waals surface area contributed by atoms with Crippen LogP contribution in [0.5, 0.6) is 0 Å². The Balaban J connectivity index is 2.33. The van der Waals surface area contributed by atoms with Gasteiger partial charge in [-0.2, -0.15) is 17.5 Å². The molecule has 1 N–H and O–H groups in total. The van der Waals surface area contributed by atoms with E-state index in [9.17, 15) is 26.7 Å². The Bertz CT molecular complexity index is 616. The zero-order valence-electron chi connectivity index (χ0n) is 11.9. The Hall–Kier alpha value is -1.19. The molecule has 2 heterocycles. The summed E-state index contributed by atoms with van der Waals surface area (Å²) in [6, 6.07) is 0.980. The topological polar surface area (TPSA) is 70.5 Å². The molecule has 1 aliphatic heterocycles. The number of halogens is 3. The van der Waals surface area contributed by atoms with Crippen molar-refractivity contribution in [3.8, 4) is 0 Å². The van der Waals surface area contributed by atoms with Crippen molar-refractivity contribution in [3.05, 3.63) is 24.0 Å². The van der Waals surface area contributed by atoms with Crippen LogP contribution in [0, 0.1) is 5.92 Å². The van der Waals surface area contributed by atoms with E-state index in [4.69, 9.17) is 0 Å². The van der Waals surface area contributed by atoms with Gasteiger partial charge in [0.25, 0.3) is 0 Å². The summed E-state index contributed by atoms with van der Waals surface area (Å²) in [5, 5.41) is 9.42. The average Bonchev–Trinajstić information content (AvgIpc) is 2.46. The molecular weight excluding hydrogens is 321 g/mol. The molecule has 0 unspecified atom stereocenters. The second-order valence-electron chi connectivity index (χ2n) is 5.36. The maximum Gasteiger partial charge on any atom is 0.433 e. The minimum atomic E-state index is -4.62. The van der Waals surface area contributed by atoms with Crippen LogP contribution in [0.4, 0.5) is 13.2 Å². The number of aliphatic hydroxyl groups excluding tert-OH is 1. The van der Waals surface area contributed by atoms with Crippen molar-refractivity contribution < 1.29 is 26.7 Å². The maximum absolute atomic E-state index is 12.6. The Morgan fingerprint density at radius 3 is 2.59 bits per heavy atom. The fourth-order valence-corrected chi connectivity index (χ4v) is 4.31. The summed E-state index contributed by atoms with van der Waals surface area (Å²) in [7, 11) is -3.97. The molecule has 0 radical (unpaired) electrons. The number of piperidine rings is 1. The SMILES string of the molecule is C[C@H]1CCCN(S(=O)(=O)c2ccc(C(F)(F)F)nc2)[C@H]1CO. The first-order chi connectivity index (χ1) is 10.2. The average molecular weight is 338 g/mol. The molecule has 124 valence electrons. The molecule has 2 rings (SSSR count). The molecule has 9 heteroatoms. The van der Waals surface area contributed by atoms with Crippen molar-refractivity contribution in [1.29, 1.82) is 0 Å². The fraction of sp³-hybridized carbons (Fsp3) is 0.615. The molecule has 1 aromatic heterocycles. The smallest absolute Gasteiger partial charge is 0.395 e. The minimum Gasteiger partial charge on any atom is -0.395 e. The largest absolute Gasteiger partial charge is 0.433 e. The van der Waals surface area contributed by atoms with Crippen molar-refractivity contribution in [3.63, 3.8) is 0 Å². The van der Waals surface area contributed by atoms with Crippen LogP contribution in [-0.4, -0.2) is 42.0 Å². The number of pyridine rings is 1. The molecule has 0 spiro atoms. The van der Waals surface area contributed by atoms with Gasteiger partial charge in [-0.3, -0.25) is 4.98 Å². The van der Waals surface area contributed by atoms with Gasteiger partial charge in [0, 0.05) is 12.7 Å². The number of aliphatic hydroxyl groups is 1. The van der Waals surface area contributed by atoms with E-state index in [2.05, 4.69) is 4.98 Å². The molecule has 1 fully saturated rings. The lowest BCUT2D eigenvalue weighted by atomic mass is 9.93. The molecule has 1 aromatic rings. The first-order valence-electron chi connectivity index (χ1n) is 6.84. The second-order valence-corrected chi connectivity index (χ2v) is 7.25. The monoisotopic (exact) mass is 338 g/mol. The summed E-state index contributed by atoms with van der Waals surface area (Å²) in [4.78, 5) is 2.89. The standard InChI is InChI=1S/C13H17F3N2O3S/c1-9-3-2-6-18(11(9)8-19)22(20,21)10-4-5-12(17-7-10)13(14,15)16/h4-5,7,9,11,19H,2-3,6,8H2,1H3/t9-,11-/m0/s1. The fourth-order valence-electron chi connectivity index (χ4n) is 2.62. The van der Waals surface area contributed by atoms with E-state index < -0.39 is 27.9 Å². The molecule has 1 saturated heterocycles. The predicted molar refractivity (Wildman–Crippen MR) is 72.4 cm³/mol. The molecule has 0 aromatic carbocycles. The molecule has 5 nitrogen and oxygen atoms in total. The van der Waals surface area contributed by atoms with Crippen molar-refractivity contribution in [1.82, 2.24) is 9.29 Å². The highest BCUT2D eigenvalue weighted by atomic mass is 32.2. The second kappa shape index (κ2) is 6.13. The summed E-state index contributed by atoms with van der Waals surface area (Å²) in [5.41, 5.74) is -1.14. The van der Waals surface area contributed by atoms with Gasteiger partial charge in [-0.05, 0) is 30.9 Å². The third-order valence-electron chi connectivity index (χ3n) is 3.89. The van der Waals surface area contributed by atoms with Gasteiger partial charge in [0.2, 0.25) is 10.0 Å². The van der Waals surface area contributed by atoms with Crippen LogP contribution in [0.1, 0.15) is 25.5 Å². The first kappa shape index (κ1) is 17.2. The molecule has 0 bridgehead atoms. The van der Waals surface area contributed by atoms with Gasteiger partial charge in [-0.25, -0.2) is 8.42 Å². The van der Waals surface area contributed by atoms with Gasteiger partial charge in [-0.15, -0.1) is 0 Å². The van der Waals surface area contributed by atoms with E-state index in [1.807, 2.05) is 6.92 Å². The van der Waals surface area contributed by atoms with Gasteiger partial charge < -0.3 is 5.11 Å². The summed E-state index contributed by atoms with van der Waals surface area (Å²) in [6.07, 6.45) is -2.46. The highest BCUT2D eigenvalue weighted by Gasteiger charge is 2.38. The van der Waals surface area contributed by atoms with Gasteiger partial charge in [0.1, 0.15) is 10.6 Å². The summed E-state index contributed by atoms with van der Waals surface area (Å²) >= 11 is 0. The van der Waals surface area contributed by atoms with Gasteiger partial charge in [0.05, 0.1) is 12.6 Å². The number of alkyl halides is 3. The van der Waals surface area contributed by atoms with Gasteiger partial charge in [0.15, 0.2) is 0 Å². The van der Waals surface area contributed by atoms with E-state index >= 15 is 0 Å². The van der Waals surface area contributed by atoms with Crippen LogP contribution in [0.15, 0.2) is 23.2 Å². The van der Waals surface area contributed by atoms with Crippen LogP contribution in [-0.2, 0) is 16.2 Å². The van der Waals surface area contributed by atoms with Crippen LogP contribution < -0.4 is 0 Å². The Kier molecular flexibility index (Phi) is 4.78. The molecule has 0 saturated carbocycles. The summed E-state index contributed by atoms with van der Waals surface area (Å²) in [6.45, 7) is 1.75. The lowest BCUT2D eigenvalue weighted by Crippen LogP contribution is -2.49. The molecule has 1 aliphatic rings. The third-order valence-corrected chi connectivity index (χ3v) is 5.79. The number of nitrogens with zero attached hydrogens (tertiary/aromatic N) is 2. The van der Waals surface area contributed by atoms with Crippen molar-refractivity contribution in [2.24, 2.45) is 5.92 Å². The van der Waals surface area contributed by atoms with Crippen molar-refractivity contribution in [2.75, 3.05) is 13.2 Å². The normalized spacial score (nSPS) is 24.4. The summed E-state index contributed by atoms with van der Waals surface area (Å²) in [5.74, 6) is -0.0177. The highest BCUT2D eigenvalue weighted by Crippen LogP contribution is 2.31. The van der Waals surface area contributed by atoms with Crippen LogP contribution >= 0.6 is 0 Å². The van der Waals surface area contributed by atoms with Gasteiger partial charge in [-0.1, -0.05) is 6.92 Å². The molecular formula is C13H17F3N2O3S. The zero-order valence-corrected chi connectivity index (χ0v) is 12.7. The van der Waals surface area contributed by atoms with Gasteiger partial charge >= 0.3 is 6.18 Å². The molecule has 22 heavy (non-hydrogen) atoms. The minimum absolute atomic E-state index is 0.0177. The number of hydrogen-bond acceptors (Lipinski definition) is 4. The molecule has 2 atom stereocenters. The van der Waals surface area contributed by atoms with Crippen LogP contribution in [0.3, 0.4) is 0 Å². The van der Waals surface area contributed by atoms with E-state index in [0.29, 0.717) is 18.7 Å². The molecule has 0 aliphatic carbocycles. The van der Waals surface area contributed by atoms with Crippen LogP contribution in [0.2, 0.25) is 0 Å².